The molecule has 0 radical (unpaired) electrons. The number of ether oxygens (including phenoxy) is 1. The first kappa shape index (κ1) is 16.4. The van der Waals surface area contributed by atoms with Crippen molar-refractivity contribution in [1.82, 2.24) is 15.1 Å². The van der Waals surface area contributed by atoms with Crippen LogP contribution < -0.4 is 5.32 Å². The zero-order valence-electron chi connectivity index (χ0n) is 13.0. The van der Waals surface area contributed by atoms with Gasteiger partial charge >= 0.3 is 5.97 Å². The summed E-state index contributed by atoms with van der Waals surface area (Å²) in [6.45, 7) is 5.06. The Kier molecular flexibility index (Phi) is 6.23. The molecule has 1 heterocycles. The van der Waals surface area contributed by atoms with E-state index in [1.165, 1.54) is 20.0 Å². The first-order chi connectivity index (χ1) is 8.92. The molecule has 0 aromatic rings. The lowest BCUT2D eigenvalue weighted by Gasteiger charge is -2.37. The molecule has 1 saturated heterocycles. The Balaban J connectivity index is 2.48. The summed E-state index contributed by atoms with van der Waals surface area (Å²) in [6, 6.07) is 0.632. The third kappa shape index (κ3) is 4.44. The van der Waals surface area contributed by atoms with Gasteiger partial charge in [-0.2, -0.15) is 0 Å². The third-order valence-corrected chi connectivity index (χ3v) is 4.33. The van der Waals surface area contributed by atoms with E-state index in [9.17, 15) is 4.79 Å². The monoisotopic (exact) mass is 271 g/mol. The second-order valence-corrected chi connectivity index (χ2v) is 5.88. The molecular formula is C14H29N3O2. The number of carbonyl (C=O) groups is 1. The van der Waals surface area contributed by atoms with Gasteiger partial charge in [0.1, 0.15) is 5.54 Å². The maximum absolute atomic E-state index is 11.8. The van der Waals surface area contributed by atoms with Crippen molar-refractivity contribution in [3.8, 4) is 0 Å². The molecule has 1 aliphatic heterocycles. The van der Waals surface area contributed by atoms with E-state index in [1.807, 2.05) is 14.0 Å². The molecule has 2 atom stereocenters. The molecule has 5 heteroatoms. The zero-order valence-corrected chi connectivity index (χ0v) is 13.0. The average Bonchev–Trinajstić information content (AvgIpc) is 2.44. The summed E-state index contributed by atoms with van der Waals surface area (Å²) < 4.78 is 4.88. The average molecular weight is 271 g/mol. The molecule has 5 nitrogen and oxygen atoms in total. The second kappa shape index (κ2) is 7.22. The lowest BCUT2D eigenvalue weighted by atomic mass is 9.96. The van der Waals surface area contributed by atoms with Gasteiger partial charge in [-0.25, -0.2) is 0 Å². The van der Waals surface area contributed by atoms with Crippen molar-refractivity contribution in [2.75, 3.05) is 47.9 Å². The Morgan fingerprint density at radius 1 is 1.53 bits per heavy atom. The van der Waals surface area contributed by atoms with Gasteiger partial charge in [-0.05, 0) is 53.9 Å². The van der Waals surface area contributed by atoms with E-state index in [0.29, 0.717) is 6.04 Å². The summed E-state index contributed by atoms with van der Waals surface area (Å²) in [6.07, 6.45) is 3.28. The number of likely N-dealkylation sites (tertiary alicyclic amines) is 1. The van der Waals surface area contributed by atoms with E-state index in [0.717, 1.165) is 26.1 Å². The van der Waals surface area contributed by atoms with E-state index >= 15 is 0 Å². The number of hydrogen-bond donors (Lipinski definition) is 1. The van der Waals surface area contributed by atoms with Crippen LogP contribution in [0.2, 0.25) is 0 Å². The highest BCUT2D eigenvalue weighted by Gasteiger charge is 2.33. The highest BCUT2D eigenvalue weighted by atomic mass is 16.5. The topological polar surface area (TPSA) is 44.8 Å². The minimum Gasteiger partial charge on any atom is -0.468 e. The van der Waals surface area contributed by atoms with Crippen LogP contribution in [0.1, 0.15) is 26.2 Å². The fourth-order valence-electron chi connectivity index (χ4n) is 2.59. The molecule has 0 aromatic heterocycles. The number of methoxy groups -OCH3 is 1. The van der Waals surface area contributed by atoms with Crippen molar-refractivity contribution in [2.45, 2.75) is 37.8 Å². The molecule has 0 aliphatic carbocycles. The molecule has 2 unspecified atom stereocenters. The highest BCUT2D eigenvalue weighted by Crippen LogP contribution is 2.17. The van der Waals surface area contributed by atoms with Crippen molar-refractivity contribution < 1.29 is 9.53 Å². The van der Waals surface area contributed by atoms with Crippen LogP contribution in [0.3, 0.4) is 0 Å². The Labute approximate surface area is 117 Å². The molecule has 1 rings (SSSR count). The third-order valence-electron chi connectivity index (χ3n) is 4.33. The molecule has 0 bridgehead atoms. The van der Waals surface area contributed by atoms with Crippen LogP contribution in [0.25, 0.3) is 0 Å². The number of likely N-dealkylation sites (N-methyl/N-ethyl adjacent to an activating group) is 2. The van der Waals surface area contributed by atoms with Crippen molar-refractivity contribution in [3.63, 3.8) is 0 Å². The van der Waals surface area contributed by atoms with E-state index in [-0.39, 0.29) is 5.97 Å². The van der Waals surface area contributed by atoms with Crippen LogP contribution in [0.15, 0.2) is 0 Å². The molecule has 112 valence electrons. The minimum absolute atomic E-state index is 0.184. The van der Waals surface area contributed by atoms with Crippen LogP contribution >= 0.6 is 0 Å². The largest absolute Gasteiger partial charge is 0.468 e. The molecule has 19 heavy (non-hydrogen) atoms. The van der Waals surface area contributed by atoms with Crippen LogP contribution in [-0.2, 0) is 9.53 Å². The second-order valence-electron chi connectivity index (χ2n) is 5.88. The Bertz CT molecular complexity index is 296. The fourth-order valence-corrected chi connectivity index (χ4v) is 2.59. The van der Waals surface area contributed by atoms with Gasteiger partial charge in [-0.3, -0.25) is 4.79 Å². The number of esters is 1. The van der Waals surface area contributed by atoms with Gasteiger partial charge in [0.05, 0.1) is 7.11 Å². The number of hydrogen-bond acceptors (Lipinski definition) is 5. The van der Waals surface area contributed by atoms with Gasteiger partial charge in [0, 0.05) is 19.1 Å². The van der Waals surface area contributed by atoms with E-state index in [2.05, 4.69) is 29.2 Å². The van der Waals surface area contributed by atoms with E-state index < -0.39 is 5.54 Å². The van der Waals surface area contributed by atoms with Crippen LogP contribution in [0.4, 0.5) is 0 Å². The normalized spacial score (nSPS) is 24.2. The molecular weight excluding hydrogens is 242 g/mol. The molecule has 0 aromatic carbocycles. The number of nitrogens with zero attached hydrogens (tertiary/aromatic N) is 2. The lowest BCUT2D eigenvalue weighted by Crippen LogP contribution is -2.52. The van der Waals surface area contributed by atoms with Crippen LogP contribution in [0.5, 0.6) is 0 Å². The predicted molar refractivity (Wildman–Crippen MR) is 77.2 cm³/mol. The van der Waals surface area contributed by atoms with Gasteiger partial charge in [-0.15, -0.1) is 0 Å². The van der Waals surface area contributed by atoms with Crippen molar-refractivity contribution >= 4 is 5.97 Å². The van der Waals surface area contributed by atoms with Gasteiger partial charge < -0.3 is 19.9 Å². The van der Waals surface area contributed by atoms with E-state index in [1.54, 1.807) is 0 Å². The standard InChI is InChI=1S/C14H29N3O2/c1-14(15-2,13(18)19-5)8-10-17-9-6-7-12(11-17)16(3)4/h12,15H,6-11H2,1-5H3. The summed E-state index contributed by atoms with van der Waals surface area (Å²) >= 11 is 0. The molecule has 1 N–H and O–H groups in total. The predicted octanol–water partition coefficient (Wildman–Crippen LogP) is 0.554. The highest BCUT2D eigenvalue weighted by molar-refractivity contribution is 5.80. The first-order valence-corrected chi connectivity index (χ1v) is 7.09. The lowest BCUT2D eigenvalue weighted by molar-refractivity contribution is -0.148. The fraction of sp³-hybridized carbons (Fsp3) is 0.929. The van der Waals surface area contributed by atoms with Crippen LogP contribution in [0, 0.1) is 0 Å². The molecule has 1 aliphatic rings. The van der Waals surface area contributed by atoms with Crippen LogP contribution in [-0.4, -0.2) is 75.2 Å². The molecule has 0 spiro atoms. The SMILES string of the molecule is CNC(C)(CCN1CCCC(N(C)C)C1)C(=O)OC. The zero-order chi connectivity index (χ0) is 14.5. The summed E-state index contributed by atoms with van der Waals surface area (Å²) in [5.41, 5.74) is -0.584. The number of carbonyl (C=O) groups excluding carboxylic acids is 1. The summed E-state index contributed by atoms with van der Waals surface area (Å²) in [5, 5.41) is 3.09. The summed E-state index contributed by atoms with van der Waals surface area (Å²) in [7, 11) is 7.54. The molecule has 0 saturated carbocycles. The van der Waals surface area contributed by atoms with E-state index in [4.69, 9.17) is 4.74 Å². The van der Waals surface area contributed by atoms with Gasteiger partial charge in [0.15, 0.2) is 0 Å². The maximum Gasteiger partial charge on any atom is 0.325 e. The smallest absolute Gasteiger partial charge is 0.325 e. The van der Waals surface area contributed by atoms with Gasteiger partial charge in [0.2, 0.25) is 0 Å². The summed E-state index contributed by atoms with van der Waals surface area (Å²) in [5.74, 6) is -0.184. The van der Waals surface area contributed by atoms with Gasteiger partial charge in [-0.1, -0.05) is 0 Å². The Morgan fingerprint density at radius 2 is 2.21 bits per heavy atom. The van der Waals surface area contributed by atoms with Crippen molar-refractivity contribution in [3.05, 3.63) is 0 Å². The molecule has 0 amide bonds. The van der Waals surface area contributed by atoms with Crippen molar-refractivity contribution in [2.24, 2.45) is 0 Å². The minimum atomic E-state index is -0.584. The number of nitrogens with one attached hydrogen (secondary N) is 1. The Hall–Kier alpha value is -0.650. The molecule has 1 fully saturated rings. The quantitative estimate of drug-likeness (QED) is 0.715. The maximum atomic E-state index is 11.8. The summed E-state index contributed by atoms with van der Waals surface area (Å²) in [4.78, 5) is 16.5. The number of piperidine rings is 1. The van der Waals surface area contributed by atoms with Gasteiger partial charge in [0.25, 0.3) is 0 Å². The number of rotatable bonds is 6. The first-order valence-electron chi connectivity index (χ1n) is 7.09. The van der Waals surface area contributed by atoms with Crippen molar-refractivity contribution in [1.29, 1.82) is 0 Å². The Morgan fingerprint density at radius 3 is 2.74 bits per heavy atom.